The van der Waals surface area contributed by atoms with Crippen LogP contribution in [0.3, 0.4) is 0 Å². The Morgan fingerprint density at radius 3 is 2.22 bits per heavy atom. The summed E-state index contributed by atoms with van der Waals surface area (Å²) >= 11 is 0. The molecule has 5 unspecified atom stereocenters. The summed E-state index contributed by atoms with van der Waals surface area (Å²) in [4.78, 5) is 50.1. The van der Waals surface area contributed by atoms with Crippen LogP contribution < -0.4 is 5.32 Å². The van der Waals surface area contributed by atoms with E-state index >= 15 is 0 Å². The summed E-state index contributed by atoms with van der Waals surface area (Å²) in [5.41, 5.74) is 0.774. The van der Waals surface area contributed by atoms with Crippen LogP contribution in [0.25, 0.3) is 0 Å². The Kier molecular flexibility index (Phi) is 4.30. The van der Waals surface area contributed by atoms with Gasteiger partial charge < -0.3 is 10.4 Å². The second-order valence-electron chi connectivity index (χ2n) is 7.41. The smallest absolute Gasteiger partial charge is 0.326 e. The number of amides is 3. The minimum atomic E-state index is -1.16. The van der Waals surface area contributed by atoms with E-state index in [0.717, 1.165) is 16.9 Å². The molecule has 140 valence electrons. The number of carboxylic acids is 1. The average Bonchev–Trinajstić information content (AvgIpc) is 3.32. The Morgan fingerprint density at radius 2 is 1.67 bits per heavy atom. The van der Waals surface area contributed by atoms with Gasteiger partial charge in [-0.05, 0) is 23.8 Å². The molecule has 2 bridgehead atoms. The maximum Gasteiger partial charge on any atom is 0.326 e. The second kappa shape index (κ2) is 6.64. The SMILES string of the molecule is O=C(CN1C(=O)C2C3C=CC(C3)C2C1=O)NC(Cc1ccccc1)C(=O)O. The molecule has 4 rings (SSSR count). The highest BCUT2D eigenvalue weighted by molar-refractivity contribution is 6.08. The van der Waals surface area contributed by atoms with Crippen LogP contribution in [0.4, 0.5) is 0 Å². The third-order valence-electron chi connectivity index (χ3n) is 5.78. The van der Waals surface area contributed by atoms with E-state index in [1.165, 1.54) is 0 Å². The van der Waals surface area contributed by atoms with Gasteiger partial charge >= 0.3 is 5.97 Å². The molecule has 1 heterocycles. The highest BCUT2D eigenvalue weighted by atomic mass is 16.4. The molecular weight excluding hydrogens is 348 g/mol. The molecule has 1 aromatic carbocycles. The van der Waals surface area contributed by atoms with E-state index in [-0.39, 0.29) is 41.9 Å². The number of aliphatic carboxylic acids is 1. The topological polar surface area (TPSA) is 104 Å². The molecule has 2 N–H and O–H groups in total. The fourth-order valence-corrected chi connectivity index (χ4v) is 4.55. The molecule has 3 aliphatic rings. The van der Waals surface area contributed by atoms with E-state index in [1.54, 1.807) is 24.3 Å². The highest BCUT2D eigenvalue weighted by Crippen LogP contribution is 2.52. The number of hydrogen-bond donors (Lipinski definition) is 2. The lowest BCUT2D eigenvalue weighted by Gasteiger charge is -2.19. The molecule has 1 aromatic rings. The van der Waals surface area contributed by atoms with Gasteiger partial charge in [-0.15, -0.1) is 0 Å². The van der Waals surface area contributed by atoms with Gasteiger partial charge in [0.2, 0.25) is 17.7 Å². The zero-order valence-electron chi connectivity index (χ0n) is 14.6. The molecule has 0 radical (unpaired) electrons. The van der Waals surface area contributed by atoms with Gasteiger partial charge in [-0.2, -0.15) is 0 Å². The number of likely N-dealkylation sites (tertiary alicyclic amines) is 1. The maximum atomic E-state index is 12.6. The molecule has 0 aromatic heterocycles. The first-order valence-electron chi connectivity index (χ1n) is 9.05. The van der Waals surface area contributed by atoms with Crippen molar-refractivity contribution in [3.8, 4) is 0 Å². The molecule has 5 atom stereocenters. The molecule has 3 amide bonds. The van der Waals surface area contributed by atoms with Crippen LogP contribution in [0.2, 0.25) is 0 Å². The Labute approximate surface area is 156 Å². The van der Waals surface area contributed by atoms with Gasteiger partial charge in [0.15, 0.2) is 0 Å². The first-order valence-corrected chi connectivity index (χ1v) is 9.05. The Morgan fingerprint density at radius 1 is 1.07 bits per heavy atom. The van der Waals surface area contributed by atoms with Gasteiger partial charge in [-0.1, -0.05) is 42.5 Å². The molecule has 27 heavy (non-hydrogen) atoms. The zero-order valence-corrected chi connectivity index (χ0v) is 14.6. The number of carboxylic acid groups (broad SMARTS) is 1. The van der Waals surface area contributed by atoms with Crippen LogP contribution in [0.1, 0.15) is 12.0 Å². The van der Waals surface area contributed by atoms with E-state index in [9.17, 15) is 24.3 Å². The summed E-state index contributed by atoms with van der Waals surface area (Å²) in [5, 5.41) is 11.8. The number of carbonyl (C=O) groups is 4. The van der Waals surface area contributed by atoms with Crippen molar-refractivity contribution in [2.75, 3.05) is 6.54 Å². The molecule has 2 fully saturated rings. The number of hydrogen-bond acceptors (Lipinski definition) is 4. The van der Waals surface area contributed by atoms with Gasteiger partial charge in [0, 0.05) is 6.42 Å². The zero-order chi connectivity index (χ0) is 19.1. The largest absolute Gasteiger partial charge is 0.480 e. The van der Waals surface area contributed by atoms with Gasteiger partial charge in [-0.25, -0.2) is 4.79 Å². The molecule has 0 spiro atoms. The van der Waals surface area contributed by atoms with Crippen molar-refractivity contribution >= 4 is 23.7 Å². The highest BCUT2D eigenvalue weighted by Gasteiger charge is 2.59. The van der Waals surface area contributed by atoms with Crippen LogP contribution in [0, 0.1) is 23.7 Å². The number of benzene rings is 1. The molecule has 1 saturated carbocycles. The van der Waals surface area contributed by atoms with Crippen molar-refractivity contribution in [3.63, 3.8) is 0 Å². The van der Waals surface area contributed by atoms with Crippen LogP contribution in [-0.4, -0.2) is 46.3 Å². The van der Waals surface area contributed by atoms with Crippen LogP contribution in [0.5, 0.6) is 0 Å². The van der Waals surface area contributed by atoms with Crippen LogP contribution >= 0.6 is 0 Å². The minimum Gasteiger partial charge on any atom is -0.480 e. The maximum absolute atomic E-state index is 12.6. The predicted molar refractivity (Wildman–Crippen MR) is 94.1 cm³/mol. The number of fused-ring (bicyclic) bond motifs is 5. The second-order valence-corrected chi connectivity index (χ2v) is 7.41. The van der Waals surface area contributed by atoms with Crippen molar-refractivity contribution in [2.24, 2.45) is 23.7 Å². The lowest BCUT2D eigenvalue weighted by molar-refractivity contribution is -0.145. The van der Waals surface area contributed by atoms with Crippen molar-refractivity contribution in [1.82, 2.24) is 10.2 Å². The number of imide groups is 1. The molecule has 7 heteroatoms. The molecule has 1 saturated heterocycles. The summed E-state index contributed by atoms with van der Waals surface area (Å²) in [6.07, 6.45) is 4.93. The number of allylic oxidation sites excluding steroid dienone is 2. The van der Waals surface area contributed by atoms with E-state index in [2.05, 4.69) is 5.32 Å². The van der Waals surface area contributed by atoms with Gasteiger partial charge in [-0.3, -0.25) is 19.3 Å². The average molecular weight is 368 g/mol. The van der Waals surface area contributed by atoms with E-state index < -0.39 is 24.5 Å². The quantitative estimate of drug-likeness (QED) is 0.565. The summed E-state index contributed by atoms with van der Waals surface area (Å²) in [7, 11) is 0. The third kappa shape index (κ3) is 3.03. The predicted octanol–water partition coefficient (Wildman–Crippen LogP) is 0.606. The monoisotopic (exact) mass is 368 g/mol. The first kappa shape index (κ1) is 17.5. The van der Waals surface area contributed by atoms with Crippen molar-refractivity contribution in [3.05, 3.63) is 48.0 Å². The molecule has 1 aliphatic heterocycles. The van der Waals surface area contributed by atoms with E-state index in [1.807, 2.05) is 18.2 Å². The Balaban J connectivity index is 1.41. The van der Waals surface area contributed by atoms with E-state index in [0.29, 0.717) is 0 Å². The summed E-state index contributed by atoms with van der Waals surface area (Å²) in [6.45, 7) is -0.428. The normalized spacial score (nSPS) is 29.1. The number of carbonyl (C=O) groups excluding carboxylic acids is 3. The lowest BCUT2D eigenvalue weighted by atomic mass is 9.85. The fraction of sp³-hybridized carbons (Fsp3) is 0.400. The minimum absolute atomic E-state index is 0.0781. The summed E-state index contributed by atoms with van der Waals surface area (Å²) < 4.78 is 0. The van der Waals surface area contributed by atoms with Crippen molar-refractivity contribution in [2.45, 2.75) is 18.9 Å². The third-order valence-corrected chi connectivity index (χ3v) is 5.78. The first-order chi connectivity index (χ1) is 13.0. The molecule has 7 nitrogen and oxygen atoms in total. The van der Waals surface area contributed by atoms with Crippen LogP contribution in [-0.2, 0) is 25.6 Å². The van der Waals surface area contributed by atoms with Gasteiger partial charge in [0.25, 0.3) is 0 Å². The van der Waals surface area contributed by atoms with Crippen molar-refractivity contribution < 1.29 is 24.3 Å². The fourth-order valence-electron chi connectivity index (χ4n) is 4.55. The van der Waals surface area contributed by atoms with Gasteiger partial charge in [0.05, 0.1) is 11.8 Å². The van der Waals surface area contributed by atoms with Crippen LogP contribution in [0.15, 0.2) is 42.5 Å². The lowest BCUT2D eigenvalue weighted by Crippen LogP contribution is -2.48. The standard InChI is InChI=1S/C20H20N2O5/c23-15(21-14(20(26)27)8-11-4-2-1-3-5-11)10-22-18(24)16-12-6-7-13(9-12)17(16)19(22)25/h1-7,12-14,16-17H,8-10H2,(H,21,23)(H,26,27). The van der Waals surface area contributed by atoms with E-state index in [4.69, 9.17) is 0 Å². The number of nitrogens with one attached hydrogen (secondary N) is 1. The van der Waals surface area contributed by atoms with Crippen molar-refractivity contribution in [1.29, 1.82) is 0 Å². The Hall–Kier alpha value is -2.96. The number of rotatable bonds is 6. The Bertz CT molecular complexity index is 804. The summed E-state index contributed by atoms with van der Waals surface area (Å²) in [6, 6.07) is 7.84. The van der Waals surface area contributed by atoms with Gasteiger partial charge in [0.1, 0.15) is 12.6 Å². The molecular formula is C20H20N2O5. The molecule has 2 aliphatic carbocycles. The number of nitrogens with zero attached hydrogens (tertiary/aromatic N) is 1. The summed E-state index contributed by atoms with van der Waals surface area (Å²) in [5.74, 6) is -2.99.